The largest absolute Gasteiger partial charge is 0.346 e. The van der Waals surface area contributed by atoms with Gasteiger partial charge in [-0.15, -0.1) is 11.3 Å². The first-order valence-corrected chi connectivity index (χ1v) is 10.8. The molecule has 0 saturated heterocycles. The third-order valence-electron chi connectivity index (χ3n) is 3.88. The highest BCUT2D eigenvalue weighted by atomic mass is 35.5. The average molecular weight is 437 g/mol. The van der Waals surface area contributed by atoms with E-state index in [4.69, 9.17) is 11.6 Å². The zero-order valence-corrected chi connectivity index (χ0v) is 17.5. The van der Waals surface area contributed by atoms with Crippen LogP contribution in [0.4, 0.5) is 0 Å². The Balaban J connectivity index is 1.73. The number of aromatic nitrogens is 2. The fourth-order valence-corrected chi connectivity index (χ4v) is 4.48. The number of nitrogens with one attached hydrogen (secondary N) is 1. The summed E-state index contributed by atoms with van der Waals surface area (Å²) in [6, 6.07) is 7.88. The highest BCUT2D eigenvalue weighted by Crippen LogP contribution is 2.25. The van der Waals surface area contributed by atoms with Gasteiger partial charge in [0.15, 0.2) is 0 Å². The van der Waals surface area contributed by atoms with Gasteiger partial charge in [0.2, 0.25) is 10.0 Å². The van der Waals surface area contributed by atoms with Gasteiger partial charge < -0.3 is 5.32 Å². The molecule has 0 aliphatic rings. The van der Waals surface area contributed by atoms with Crippen molar-refractivity contribution in [3.8, 4) is 11.3 Å². The molecule has 0 aliphatic heterocycles. The summed E-state index contributed by atoms with van der Waals surface area (Å²) in [4.78, 5) is 20.8. The number of hydrogen-bond donors (Lipinski definition) is 1. The Kier molecular flexibility index (Phi) is 6.09. The van der Waals surface area contributed by atoms with E-state index in [1.165, 1.54) is 43.6 Å². The van der Waals surface area contributed by atoms with Crippen LogP contribution in [0.5, 0.6) is 0 Å². The van der Waals surface area contributed by atoms with Crippen LogP contribution in [-0.4, -0.2) is 42.7 Å². The Bertz CT molecular complexity index is 1100. The molecule has 0 spiro atoms. The van der Waals surface area contributed by atoms with Gasteiger partial charge in [0.1, 0.15) is 9.90 Å². The number of benzene rings is 1. The molecule has 1 aromatic carbocycles. The van der Waals surface area contributed by atoms with Crippen molar-refractivity contribution in [3.05, 3.63) is 63.7 Å². The Labute approximate surface area is 172 Å². The number of rotatable bonds is 6. The lowest BCUT2D eigenvalue weighted by molar-refractivity contribution is 0.0950. The van der Waals surface area contributed by atoms with E-state index in [2.05, 4.69) is 15.3 Å². The number of nitrogens with zero attached hydrogens (tertiary/aromatic N) is 3. The van der Waals surface area contributed by atoms with E-state index < -0.39 is 15.9 Å². The van der Waals surface area contributed by atoms with Gasteiger partial charge in [-0.25, -0.2) is 17.7 Å². The number of pyridine rings is 1. The number of carbonyl (C=O) groups excluding carboxylic acids is 1. The summed E-state index contributed by atoms with van der Waals surface area (Å²) in [5, 5.41) is 5.45. The van der Waals surface area contributed by atoms with Crippen LogP contribution in [0.15, 0.2) is 53.0 Å². The van der Waals surface area contributed by atoms with Crippen molar-refractivity contribution in [2.45, 2.75) is 11.4 Å². The maximum absolute atomic E-state index is 12.5. The van der Waals surface area contributed by atoms with E-state index in [0.29, 0.717) is 0 Å². The normalized spacial score (nSPS) is 11.6. The molecule has 2 aromatic heterocycles. The van der Waals surface area contributed by atoms with E-state index in [0.717, 1.165) is 20.6 Å². The molecule has 1 amide bonds. The van der Waals surface area contributed by atoms with E-state index in [-0.39, 0.29) is 22.0 Å². The summed E-state index contributed by atoms with van der Waals surface area (Å²) in [5.74, 6) is -0.410. The molecule has 3 rings (SSSR count). The third-order valence-corrected chi connectivity index (χ3v) is 7.03. The summed E-state index contributed by atoms with van der Waals surface area (Å²) >= 11 is 7.44. The van der Waals surface area contributed by atoms with Crippen LogP contribution in [-0.2, 0) is 16.6 Å². The first-order chi connectivity index (χ1) is 13.3. The molecule has 10 heteroatoms. The maximum atomic E-state index is 12.5. The number of thiazole rings is 1. The molecule has 7 nitrogen and oxygen atoms in total. The molecule has 146 valence electrons. The lowest BCUT2D eigenvalue weighted by atomic mass is 10.2. The minimum absolute atomic E-state index is 0.0622. The number of hydrogen-bond acceptors (Lipinski definition) is 6. The second-order valence-corrected chi connectivity index (χ2v) is 9.45. The standard InChI is InChI=1S/C18H17ClN4O3S2/c1-23(2)28(25,26)16-9-13(3-4-14(16)19)18(24)21-10-17-22-15(11-27-17)12-5-7-20-8-6-12/h3-9,11H,10H2,1-2H3,(H,21,24). The molecule has 0 saturated carbocycles. The van der Waals surface area contributed by atoms with Crippen LogP contribution in [0.3, 0.4) is 0 Å². The molecule has 0 atom stereocenters. The summed E-state index contributed by atoms with van der Waals surface area (Å²) < 4.78 is 25.7. The molecule has 3 aromatic rings. The number of amides is 1. The highest BCUT2D eigenvalue weighted by Gasteiger charge is 2.22. The van der Waals surface area contributed by atoms with Gasteiger partial charge in [0.25, 0.3) is 5.91 Å². The van der Waals surface area contributed by atoms with Gasteiger partial charge in [-0.2, -0.15) is 0 Å². The van der Waals surface area contributed by atoms with Crippen molar-refractivity contribution in [1.29, 1.82) is 0 Å². The Morgan fingerprint density at radius 1 is 1.21 bits per heavy atom. The van der Waals surface area contributed by atoms with Crippen molar-refractivity contribution in [1.82, 2.24) is 19.6 Å². The van der Waals surface area contributed by atoms with Crippen LogP contribution in [0.1, 0.15) is 15.4 Å². The minimum Gasteiger partial charge on any atom is -0.346 e. The van der Waals surface area contributed by atoms with Crippen molar-refractivity contribution in [3.63, 3.8) is 0 Å². The first-order valence-electron chi connectivity index (χ1n) is 8.14. The molecular formula is C18H17ClN4O3S2. The van der Waals surface area contributed by atoms with Crippen LogP contribution in [0.25, 0.3) is 11.3 Å². The van der Waals surface area contributed by atoms with Gasteiger partial charge in [0, 0.05) is 43.0 Å². The van der Waals surface area contributed by atoms with E-state index in [1.807, 2.05) is 17.5 Å². The molecule has 28 heavy (non-hydrogen) atoms. The Hall–Kier alpha value is -2.33. The van der Waals surface area contributed by atoms with Crippen molar-refractivity contribution in [2.75, 3.05) is 14.1 Å². The van der Waals surface area contributed by atoms with Gasteiger partial charge in [-0.05, 0) is 30.3 Å². The second-order valence-electron chi connectivity index (χ2n) is 5.98. The predicted octanol–water partition coefficient (Wildman–Crippen LogP) is 3.04. The fraction of sp³-hybridized carbons (Fsp3) is 0.167. The van der Waals surface area contributed by atoms with Gasteiger partial charge in [-0.3, -0.25) is 9.78 Å². The van der Waals surface area contributed by atoms with Gasteiger partial charge in [0.05, 0.1) is 17.3 Å². The topological polar surface area (TPSA) is 92.3 Å². The molecule has 2 heterocycles. The van der Waals surface area contributed by atoms with E-state index >= 15 is 0 Å². The summed E-state index contributed by atoms with van der Waals surface area (Å²) in [7, 11) is -0.944. The predicted molar refractivity (Wildman–Crippen MR) is 109 cm³/mol. The molecule has 0 bridgehead atoms. The number of sulfonamides is 1. The van der Waals surface area contributed by atoms with E-state index in [1.54, 1.807) is 12.4 Å². The van der Waals surface area contributed by atoms with E-state index in [9.17, 15) is 13.2 Å². The summed E-state index contributed by atoms with van der Waals surface area (Å²) in [5.41, 5.74) is 1.96. The number of carbonyl (C=O) groups is 1. The van der Waals surface area contributed by atoms with Crippen LogP contribution >= 0.6 is 22.9 Å². The molecular weight excluding hydrogens is 420 g/mol. The van der Waals surface area contributed by atoms with Crippen LogP contribution < -0.4 is 5.32 Å². The average Bonchev–Trinajstić information content (AvgIpc) is 3.16. The van der Waals surface area contributed by atoms with Gasteiger partial charge in [-0.1, -0.05) is 11.6 Å². The third kappa shape index (κ3) is 4.39. The fourth-order valence-electron chi connectivity index (χ4n) is 2.34. The smallest absolute Gasteiger partial charge is 0.251 e. The summed E-state index contributed by atoms with van der Waals surface area (Å²) in [6.45, 7) is 0.229. The highest BCUT2D eigenvalue weighted by molar-refractivity contribution is 7.89. The van der Waals surface area contributed by atoms with Crippen molar-refractivity contribution < 1.29 is 13.2 Å². The Morgan fingerprint density at radius 3 is 2.61 bits per heavy atom. The maximum Gasteiger partial charge on any atom is 0.251 e. The lowest BCUT2D eigenvalue weighted by Gasteiger charge is -2.13. The quantitative estimate of drug-likeness (QED) is 0.641. The Morgan fingerprint density at radius 2 is 1.93 bits per heavy atom. The molecule has 1 N–H and O–H groups in total. The SMILES string of the molecule is CN(C)S(=O)(=O)c1cc(C(=O)NCc2nc(-c3ccncc3)cs2)ccc1Cl. The summed E-state index contributed by atoms with van der Waals surface area (Å²) in [6.07, 6.45) is 3.38. The molecule has 0 radical (unpaired) electrons. The molecule has 0 fully saturated rings. The minimum atomic E-state index is -3.75. The van der Waals surface area contributed by atoms with Crippen LogP contribution in [0, 0.1) is 0 Å². The first kappa shape index (κ1) is 20.4. The van der Waals surface area contributed by atoms with Crippen molar-refractivity contribution in [2.24, 2.45) is 0 Å². The van der Waals surface area contributed by atoms with Gasteiger partial charge >= 0.3 is 0 Å². The van der Waals surface area contributed by atoms with Crippen LogP contribution in [0.2, 0.25) is 5.02 Å². The number of halogens is 1. The zero-order valence-electron chi connectivity index (χ0n) is 15.1. The monoisotopic (exact) mass is 436 g/mol. The lowest BCUT2D eigenvalue weighted by Crippen LogP contribution is -2.25. The van der Waals surface area contributed by atoms with Crippen molar-refractivity contribution >= 4 is 38.9 Å². The second kappa shape index (κ2) is 8.36. The zero-order chi connectivity index (χ0) is 20.3. The molecule has 0 aliphatic carbocycles. The molecule has 0 unspecified atom stereocenters.